The molecule has 3 N–H and O–H groups in total. The van der Waals surface area contributed by atoms with Crippen molar-refractivity contribution >= 4 is 23.4 Å². The summed E-state index contributed by atoms with van der Waals surface area (Å²) in [5.74, 6) is -1.02. The molecule has 0 fully saturated rings. The van der Waals surface area contributed by atoms with Gasteiger partial charge in [-0.25, -0.2) is 14.8 Å². The van der Waals surface area contributed by atoms with E-state index in [1.165, 1.54) is 6.07 Å². The molecule has 1 heterocycles. The van der Waals surface area contributed by atoms with Gasteiger partial charge < -0.3 is 10.8 Å². The van der Waals surface area contributed by atoms with Gasteiger partial charge in [0.2, 0.25) is 0 Å². The average Bonchev–Trinajstić information content (AvgIpc) is 2.33. The van der Waals surface area contributed by atoms with Crippen molar-refractivity contribution in [3.63, 3.8) is 0 Å². The first kappa shape index (κ1) is 11.4. The number of carbonyl (C=O) groups is 1. The molecule has 2 aromatic rings. The quantitative estimate of drug-likeness (QED) is 0.636. The van der Waals surface area contributed by atoms with Gasteiger partial charge in [0.1, 0.15) is 0 Å². The fourth-order valence-electron chi connectivity index (χ4n) is 1.27. The fourth-order valence-corrected chi connectivity index (χ4v) is 2.13. The molecular weight excluding hydrogens is 238 g/mol. The van der Waals surface area contributed by atoms with Crippen molar-refractivity contribution in [3.05, 3.63) is 42.2 Å². The molecule has 0 atom stereocenters. The van der Waals surface area contributed by atoms with E-state index in [1.54, 1.807) is 30.6 Å². The summed E-state index contributed by atoms with van der Waals surface area (Å²) in [7, 11) is 0. The zero-order valence-corrected chi connectivity index (χ0v) is 9.52. The van der Waals surface area contributed by atoms with Crippen molar-refractivity contribution in [2.45, 2.75) is 10.1 Å². The fraction of sp³-hybridized carbons (Fsp3) is 0. The van der Waals surface area contributed by atoms with Gasteiger partial charge in [-0.2, -0.15) is 0 Å². The van der Waals surface area contributed by atoms with Gasteiger partial charge in [0.25, 0.3) is 0 Å². The van der Waals surface area contributed by atoms with Crippen LogP contribution in [0.25, 0.3) is 0 Å². The standard InChI is InChI=1S/C11H9N3O2S/c12-8-4-1-3-7(10(15)16)9(8)17-11-13-5-2-6-14-11/h1-6H,12H2,(H,15,16). The number of hydrogen-bond acceptors (Lipinski definition) is 5. The molecular formula is C11H9N3O2S. The van der Waals surface area contributed by atoms with Gasteiger partial charge in [-0.3, -0.25) is 0 Å². The maximum Gasteiger partial charge on any atom is 0.336 e. The van der Waals surface area contributed by atoms with Crippen LogP contribution in [0.2, 0.25) is 0 Å². The van der Waals surface area contributed by atoms with Crippen LogP contribution in [0.15, 0.2) is 46.7 Å². The number of aromatic carboxylic acids is 1. The molecule has 0 amide bonds. The van der Waals surface area contributed by atoms with E-state index in [0.717, 1.165) is 11.8 Å². The van der Waals surface area contributed by atoms with Crippen molar-refractivity contribution in [1.82, 2.24) is 9.97 Å². The van der Waals surface area contributed by atoms with Crippen LogP contribution in [0.4, 0.5) is 5.69 Å². The van der Waals surface area contributed by atoms with E-state index in [1.807, 2.05) is 0 Å². The minimum absolute atomic E-state index is 0.155. The van der Waals surface area contributed by atoms with Gasteiger partial charge in [-0.15, -0.1) is 0 Å². The Hall–Kier alpha value is -2.08. The predicted octanol–water partition coefficient (Wildman–Crippen LogP) is 1.91. The van der Waals surface area contributed by atoms with Crippen molar-refractivity contribution in [1.29, 1.82) is 0 Å². The number of hydrogen-bond donors (Lipinski definition) is 2. The molecule has 1 aromatic carbocycles. The number of nitrogens with two attached hydrogens (primary N) is 1. The average molecular weight is 247 g/mol. The molecule has 1 aromatic heterocycles. The second-order valence-corrected chi connectivity index (χ2v) is 4.14. The summed E-state index contributed by atoms with van der Waals surface area (Å²) >= 11 is 1.14. The summed E-state index contributed by atoms with van der Waals surface area (Å²) < 4.78 is 0. The highest BCUT2D eigenvalue weighted by atomic mass is 32.2. The van der Waals surface area contributed by atoms with Gasteiger partial charge >= 0.3 is 5.97 Å². The normalized spacial score (nSPS) is 10.1. The third-order valence-electron chi connectivity index (χ3n) is 2.01. The molecule has 5 nitrogen and oxygen atoms in total. The molecule has 0 aliphatic carbocycles. The molecule has 6 heteroatoms. The van der Waals surface area contributed by atoms with E-state index < -0.39 is 5.97 Å². The number of carboxylic acids is 1. The van der Waals surface area contributed by atoms with E-state index in [-0.39, 0.29) is 5.56 Å². The first-order chi connectivity index (χ1) is 8.18. The van der Waals surface area contributed by atoms with Crippen LogP contribution in [0.3, 0.4) is 0 Å². The molecule has 86 valence electrons. The summed E-state index contributed by atoms with van der Waals surface area (Å²) in [6.07, 6.45) is 3.18. The van der Waals surface area contributed by atoms with Crippen LogP contribution in [-0.2, 0) is 0 Å². The van der Waals surface area contributed by atoms with Crippen LogP contribution >= 0.6 is 11.8 Å². The number of benzene rings is 1. The van der Waals surface area contributed by atoms with E-state index in [0.29, 0.717) is 15.7 Å². The summed E-state index contributed by atoms with van der Waals surface area (Å²) in [4.78, 5) is 19.6. The van der Waals surface area contributed by atoms with Crippen LogP contribution in [0.1, 0.15) is 10.4 Å². The van der Waals surface area contributed by atoms with Crippen LogP contribution in [0.5, 0.6) is 0 Å². The first-order valence-corrected chi connectivity index (χ1v) is 5.57. The van der Waals surface area contributed by atoms with Gasteiger partial charge in [0.15, 0.2) is 5.16 Å². The topological polar surface area (TPSA) is 89.1 Å². The van der Waals surface area contributed by atoms with Gasteiger partial charge in [0.05, 0.1) is 10.5 Å². The summed E-state index contributed by atoms with van der Waals surface area (Å²) in [6, 6.07) is 6.45. The van der Waals surface area contributed by atoms with Crippen LogP contribution in [0, 0.1) is 0 Å². The smallest absolute Gasteiger partial charge is 0.336 e. The molecule has 0 spiro atoms. The monoisotopic (exact) mass is 247 g/mol. The molecule has 0 aliphatic rings. The van der Waals surface area contributed by atoms with Crippen molar-refractivity contribution in [2.24, 2.45) is 0 Å². The minimum Gasteiger partial charge on any atom is -0.478 e. The van der Waals surface area contributed by atoms with E-state index in [4.69, 9.17) is 10.8 Å². The Labute approximate surface area is 102 Å². The highest BCUT2D eigenvalue weighted by molar-refractivity contribution is 7.99. The van der Waals surface area contributed by atoms with Crippen molar-refractivity contribution < 1.29 is 9.90 Å². The zero-order chi connectivity index (χ0) is 12.3. The summed E-state index contributed by atoms with van der Waals surface area (Å²) in [5, 5.41) is 9.52. The highest BCUT2D eigenvalue weighted by Gasteiger charge is 2.14. The number of rotatable bonds is 3. The lowest BCUT2D eigenvalue weighted by Crippen LogP contribution is -2.02. The number of nitrogens with zero attached hydrogens (tertiary/aromatic N) is 2. The number of aromatic nitrogens is 2. The van der Waals surface area contributed by atoms with E-state index >= 15 is 0 Å². The third-order valence-corrected chi connectivity index (χ3v) is 3.06. The Kier molecular flexibility index (Phi) is 3.24. The molecule has 0 saturated heterocycles. The third kappa shape index (κ3) is 2.54. The Morgan fingerprint density at radius 1 is 1.24 bits per heavy atom. The molecule has 0 saturated carbocycles. The second kappa shape index (κ2) is 4.84. The predicted molar refractivity (Wildman–Crippen MR) is 64.0 cm³/mol. The van der Waals surface area contributed by atoms with Crippen molar-refractivity contribution in [3.8, 4) is 0 Å². The number of carboxylic acid groups (broad SMARTS) is 1. The van der Waals surface area contributed by atoms with E-state index in [2.05, 4.69) is 9.97 Å². The van der Waals surface area contributed by atoms with E-state index in [9.17, 15) is 4.79 Å². The maximum atomic E-state index is 11.1. The zero-order valence-electron chi connectivity index (χ0n) is 8.70. The van der Waals surface area contributed by atoms with Gasteiger partial charge in [-0.1, -0.05) is 6.07 Å². The molecule has 17 heavy (non-hydrogen) atoms. The minimum atomic E-state index is -1.02. The molecule has 0 unspecified atom stereocenters. The Bertz CT molecular complexity index is 546. The highest BCUT2D eigenvalue weighted by Crippen LogP contribution is 2.32. The molecule has 0 radical (unpaired) electrons. The van der Waals surface area contributed by atoms with Crippen molar-refractivity contribution in [2.75, 3.05) is 5.73 Å². The maximum absolute atomic E-state index is 11.1. The lowest BCUT2D eigenvalue weighted by Gasteiger charge is -2.07. The van der Waals surface area contributed by atoms with Crippen LogP contribution in [-0.4, -0.2) is 21.0 Å². The molecule has 2 rings (SSSR count). The first-order valence-electron chi connectivity index (χ1n) is 4.75. The lowest BCUT2D eigenvalue weighted by atomic mass is 10.2. The Morgan fingerprint density at radius 3 is 2.59 bits per heavy atom. The summed E-state index contributed by atoms with van der Waals surface area (Å²) in [6.45, 7) is 0. The summed E-state index contributed by atoms with van der Waals surface area (Å²) in [5.41, 5.74) is 6.33. The molecule has 0 bridgehead atoms. The van der Waals surface area contributed by atoms with Gasteiger partial charge in [-0.05, 0) is 30.0 Å². The Morgan fingerprint density at radius 2 is 1.94 bits per heavy atom. The molecule has 0 aliphatic heterocycles. The number of nitrogen functional groups attached to an aromatic ring is 1. The Balaban J connectivity index is 2.41. The number of anilines is 1. The van der Waals surface area contributed by atoms with Crippen LogP contribution < -0.4 is 5.73 Å². The van der Waals surface area contributed by atoms with Gasteiger partial charge in [0, 0.05) is 18.1 Å². The SMILES string of the molecule is Nc1cccc(C(=O)O)c1Sc1ncccn1. The largest absolute Gasteiger partial charge is 0.478 e. The second-order valence-electron chi connectivity index (χ2n) is 3.16. The lowest BCUT2D eigenvalue weighted by molar-refractivity contribution is 0.0693.